The van der Waals surface area contributed by atoms with Crippen molar-refractivity contribution in [2.24, 2.45) is 0 Å². The molecule has 1 aliphatic heterocycles. The summed E-state index contributed by atoms with van der Waals surface area (Å²) in [5, 5.41) is 2.59. The van der Waals surface area contributed by atoms with Gasteiger partial charge in [-0.3, -0.25) is 19.3 Å². The van der Waals surface area contributed by atoms with Crippen LogP contribution in [-0.4, -0.2) is 34.6 Å². The number of fused-ring (bicyclic) bond motifs is 1. The zero-order chi connectivity index (χ0) is 24.4. The molecule has 2 atom stereocenters. The SMILES string of the molecule is Cc1ccc2c(c1)C(=O)N(C(C)C(=O)OC(C(=O)Nc1ccc(F)cc1)c1ccccc1)C2=O. The Morgan fingerprint density at radius 1 is 0.912 bits per heavy atom. The number of carbonyl (C=O) groups excluding carboxylic acids is 4. The Morgan fingerprint density at radius 3 is 2.24 bits per heavy atom. The second-order valence-electron chi connectivity index (χ2n) is 7.93. The topological polar surface area (TPSA) is 92.8 Å². The van der Waals surface area contributed by atoms with E-state index in [1.165, 1.54) is 31.2 Å². The molecule has 3 aromatic rings. The normalized spacial score (nSPS) is 14.4. The van der Waals surface area contributed by atoms with Crippen LogP contribution < -0.4 is 5.32 Å². The quantitative estimate of drug-likeness (QED) is 0.443. The summed E-state index contributed by atoms with van der Waals surface area (Å²) in [4.78, 5) is 52.5. The fraction of sp³-hybridized carbons (Fsp3) is 0.154. The second kappa shape index (κ2) is 9.27. The van der Waals surface area contributed by atoms with E-state index in [4.69, 9.17) is 4.74 Å². The highest BCUT2D eigenvalue weighted by Gasteiger charge is 2.42. The Morgan fingerprint density at radius 2 is 1.56 bits per heavy atom. The van der Waals surface area contributed by atoms with E-state index < -0.39 is 41.7 Å². The van der Waals surface area contributed by atoms with E-state index in [0.717, 1.165) is 10.5 Å². The van der Waals surface area contributed by atoms with Gasteiger partial charge in [0, 0.05) is 11.3 Å². The molecular weight excluding hydrogens is 439 g/mol. The minimum atomic E-state index is -1.36. The van der Waals surface area contributed by atoms with Gasteiger partial charge in [-0.1, -0.05) is 42.0 Å². The van der Waals surface area contributed by atoms with Crippen LogP contribution in [0.4, 0.5) is 10.1 Å². The van der Waals surface area contributed by atoms with Gasteiger partial charge in [-0.15, -0.1) is 0 Å². The van der Waals surface area contributed by atoms with Crippen LogP contribution >= 0.6 is 0 Å². The zero-order valence-electron chi connectivity index (χ0n) is 18.4. The molecule has 3 amide bonds. The molecule has 0 saturated heterocycles. The number of ether oxygens (including phenoxy) is 1. The first kappa shape index (κ1) is 22.8. The average molecular weight is 460 g/mol. The molecule has 0 bridgehead atoms. The first-order valence-corrected chi connectivity index (χ1v) is 10.6. The molecule has 0 radical (unpaired) electrons. The summed E-state index contributed by atoms with van der Waals surface area (Å²) >= 11 is 0. The van der Waals surface area contributed by atoms with Gasteiger partial charge in [-0.05, 0) is 50.2 Å². The van der Waals surface area contributed by atoms with Crippen LogP contribution in [0.15, 0.2) is 72.8 Å². The highest BCUT2D eigenvalue weighted by molar-refractivity contribution is 6.22. The van der Waals surface area contributed by atoms with Crippen LogP contribution in [-0.2, 0) is 14.3 Å². The molecular formula is C26H21FN2O5. The summed E-state index contributed by atoms with van der Waals surface area (Å²) in [7, 11) is 0. The van der Waals surface area contributed by atoms with Crippen molar-refractivity contribution in [3.05, 3.63) is 101 Å². The van der Waals surface area contributed by atoms with E-state index in [-0.39, 0.29) is 11.1 Å². The highest BCUT2D eigenvalue weighted by Crippen LogP contribution is 2.28. The molecule has 0 aliphatic carbocycles. The van der Waals surface area contributed by atoms with Crippen LogP contribution in [0.2, 0.25) is 0 Å². The lowest BCUT2D eigenvalue weighted by Gasteiger charge is -2.24. The number of esters is 1. The van der Waals surface area contributed by atoms with Gasteiger partial charge in [-0.2, -0.15) is 0 Å². The van der Waals surface area contributed by atoms with Crippen molar-refractivity contribution in [1.82, 2.24) is 4.90 Å². The first-order valence-electron chi connectivity index (χ1n) is 10.6. The molecule has 3 aromatic carbocycles. The number of hydrogen-bond donors (Lipinski definition) is 1. The molecule has 1 heterocycles. The fourth-order valence-corrected chi connectivity index (χ4v) is 3.69. The van der Waals surface area contributed by atoms with Gasteiger partial charge in [0.15, 0.2) is 0 Å². The summed E-state index contributed by atoms with van der Waals surface area (Å²) in [6.07, 6.45) is -1.36. The van der Waals surface area contributed by atoms with Crippen LogP contribution in [0.5, 0.6) is 0 Å². The average Bonchev–Trinajstić information content (AvgIpc) is 3.07. The lowest BCUT2D eigenvalue weighted by atomic mass is 10.1. The van der Waals surface area contributed by atoms with Gasteiger partial charge in [0.05, 0.1) is 11.1 Å². The molecule has 0 aromatic heterocycles. The van der Waals surface area contributed by atoms with Crippen LogP contribution in [0, 0.1) is 12.7 Å². The van der Waals surface area contributed by atoms with Crippen LogP contribution in [0.1, 0.15) is 44.9 Å². The van der Waals surface area contributed by atoms with Gasteiger partial charge in [-0.25, -0.2) is 9.18 Å². The Kier molecular flexibility index (Phi) is 6.23. The molecule has 2 unspecified atom stereocenters. The molecule has 172 valence electrons. The summed E-state index contributed by atoms with van der Waals surface area (Å²) in [6, 6.07) is 17.0. The number of benzene rings is 3. The zero-order valence-corrected chi connectivity index (χ0v) is 18.4. The van der Waals surface area contributed by atoms with E-state index in [9.17, 15) is 23.6 Å². The third-order valence-electron chi connectivity index (χ3n) is 5.49. The maximum atomic E-state index is 13.2. The number of nitrogens with one attached hydrogen (secondary N) is 1. The molecule has 4 rings (SSSR count). The number of rotatable bonds is 6. The predicted octanol–water partition coefficient (Wildman–Crippen LogP) is 4.04. The Labute approximate surface area is 195 Å². The van der Waals surface area contributed by atoms with Crippen molar-refractivity contribution in [3.63, 3.8) is 0 Å². The van der Waals surface area contributed by atoms with Gasteiger partial charge in [0.1, 0.15) is 11.9 Å². The van der Waals surface area contributed by atoms with E-state index in [1.807, 2.05) is 0 Å². The van der Waals surface area contributed by atoms with Crippen molar-refractivity contribution < 1.29 is 28.3 Å². The number of halogens is 1. The molecule has 1 aliphatic rings. The largest absolute Gasteiger partial charge is 0.446 e. The van der Waals surface area contributed by atoms with Crippen LogP contribution in [0.25, 0.3) is 0 Å². The predicted molar refractivity (Wildman–Crippen MR) is 121 cm³/mol. The van der Waals surface area contributed by atoms with Gasteiger partial charge < -0.3 is 10.1 Å². The lowest BCUT2D eigenvalue weighted by molar-refractivity contribution is -0.158. The number of anilines is 1. The standard InChI is InChI=1S/C26H21FN2O5/c1-15-8-13-20-21(14-15)25(32)29(24(20)31)16(2)26(33)34-22(17-6-4-3-5-7-17)23(30)28-19-11-9-18(27)10-12-19/h3-14,16,22H,1-2H3,(H,28,30). The molecule has 0 fully saturated rings. The monoisotopic (exact) mass is 460 g/mol. The summed E-state index contributed by atoms with van der Waals surface area (Å²) in [5.74, 6) is -3.25. The molecule has 7 nitrogen and oxygen atoms in total. The minimum absolute atomic E-state index is 0.212. The third kappa shape index (κ3) is 4.43. The summed E-state index contributed by atoms with van der Waals surface area (Å²) in [6.45, 7) is 3.17. The number of nitrogens with zero attached hydrogens (tertiary/aromatic N) is 1. The molecule has 8 heteroatoms. The lowest BCUT2D eigenvalue weighted by Crippen LogP contribution is -2.44. The van der Waals surface area contributed by atoms with Gasteiger partial charge in [0.25, 0.3) is 17.7 Å². The van der Waals surface area contributed by atoms with Gasteiger partial charge in [0.2, 0.25) is 6.10 Å². The maximum Gasteiger partial charge on any atom is 0.330 e. The fourth-order valence-electron chi connectivity index (χ4n) is 3.69. The number of aryl methyl sites for hydroxylation is 1. The maximum absolute atomic E-state index is 13.2. The van der Waals surface area contributed by atoms with E-state index in [0.29, 0.717) is 11.3 Å². The third-order valence-corrected chi connectivity index (χ3v) is 5.49. The Hall–Kier alpha value is -4.33. The number of amides is 3. The first-order chi connectivity index (χ1) is 16.3. The number of hydrogen-bond acceptors (Lipinski definition) is 5. The van der Waals surface area contributed by atoms with Crippen molar-refractivity contribution in [2.45, 2.75) is 26.0 Å². The van der Waals surface area contributed by atoms with E-state index in [1.54, 1.807) is 55.5 Å². The van der Waals surface area contributed by atoms with E-state index >= 15 is 0 Å². The van der Waals surface area contributed by atoms with Gasteiger partial charge >= 0.3 is 5.97 Å². The smallest absolute Gasteiger partial charge is 0.330 e. The molecule has 34 heavy (non-hydrogen) atoms. The minimum Gasteiger partial charge on any atom is -0.446 e. The molecule has 0 spiro atoms. The number of carbonyl (C=O) groups is 4. The van der Waals surface area contributed by atoms with Crippen molar-refractivity contribution in [3.8, 4) is 0 Å². The molecule has 1 N–H and O–H groups in total. The van der Waals surface area contributed by atoms with Crippen molar-refractivity contribution in [1.29, 1.82) is 0 Å². The number of imide groups is 1. The van der Waals surface area contributed by atoms with Crippen LogP contribution in [0.3, 0.4) is 0 Å². The second-order valence-corrected chi connectivity index (χ2v) is 7.93. The summed E-state index contributed by atoms with van der Waals surface area (Å²) < 4.78 is 18.7. The van der Waals surface area contributed by atoms with Crippen molar-refractivity contribution in [2.75, 3.05) is 5.32 Å². The Bertz CT molecular complexity index is 1270. The highest BCUT2D eigenvalue weighted by atomic mass is 19.1. The van der Waals surface area contributed by atoms with E-state index in [2.05, 4.69) is 5.32 Å². The molecule has 0 saturated carbocycles. The van der Waals surface area contributed by atoms with Crippen molar-refractivity contribution >= 4 is 29.4 Å². The Balaban J connectivity index is 1.56. The summed E-state index contributed by atoms with van der Waals surface area (Å²) in [5.41, 5.74) is 1.94.